The zero-order valence-corrected chi connectivity index (χ0v) is 12.6. The fourth-order valence-corrected chi connectivity index (χ4v) is 4.18. The van der Waals surface area contributed by atoms with E-state index in [0.717, 1.165) is 6.42 Å². The molecular formula is C13H20Cl2Si. The molecule has 0 bridgehead atoms. The van der Waals surface area contributed by atoms with Crippen molar-refractivity contribution >= 4 is 34.0 Å². The van der Waals surface area contributed by atoms with Gasteiger partial charge in [0.15, 0.2) is 0 Å². The quantitative estimate of drug-likeness (QED) is 0.405. The van der Waals surface area contributed by atoms with E-state index in [0.29, 0.717) is 0 Å². The van der Waals surface area contributed by atoms with Crippen LogP contribution in [0.3, 0.4) is 0 Å². The van der Waals surface area contributed by atoms with Gasteiger partial charge in [0, 0.05) is 0 Å². The standard InChI is InChI=1S/C13H20Cl2Si/c1-3-4-5-6-9-12-10-7-8-11-13(12)16(2,14)15/h7-8,10-11H,3-6,9H2,1-2H3. The molecule has 0 atom stereocenters. The zero-order valence-electron chi connectivity index (χ0n) is 10.1. The first-order valence-corrected chi connectivity index (χ1v) is 10.5. The highest BCUT2D eigenvalue weighted by Gasteiger charge is 2.26. The second-order valence-corrected chi connectivity index (χ2v) is 11.8. The molecule has 0 fully saturated rings. The van der Waals surface area contributed by atoms with E-state index in [1.165, 1.54) is 36.4 Å². The van der Waals surface area contributed by atoms with E-state index in [1.807, 2.05) is 12.6 Å². The number of hydrogen-bond acceptors (Lipinski definition) is 0. The third-order valence-corrected chi connectivity index (χ3v) is 5.45. The maximum atomic E-state index is 6.31. The van der Waals surface area contributed by atoms with E-state index in [-0.39, 0.29) is 0 Å². The van der Waals surface area contributed by atoms with Crippen molar-refractivity contribution in [3.8, 4) is 0 Å². The largest absolute Gasteiger partial charge is 0.278 e. The van der Waals surface area contributed by atoms with Crippen molar-refractivity contribution in [3.05, 3.63) is 29.8 Å². The molecule has 0 unspecified atom stereocenters. The van der Waals surface area contributed by atoms with Crippen LogP contribution in [0, 0.1) is 0 Å². The van der Waals surface area contributed by atoms with Crippen LogP contribution in [-0.2, 0) is 6.42 Å². The molecule has 0 saturated carbocycles. The van der Waals surface area contributed by atoms with E-state index in [9.17, 15) is 0 Å². The van der Waals surface area contributed by atoms with Crippen LogP contribution in [0.4, 0.5) is 0 Å². The molecule has 0 heterocycles. The summed E-state index contributed by atoms with van der Waals surface area (Å²) in [6.45, 7) is 2.00. The Morgan fingerprint density at radius 1 is 1.06 bits per heavy atom. The predicted molar refractivity (Wildman–Crippen MR) is 77.2 cm³/mol. The number of hydrogen-bond donors (Lipinski definition) is 0. The smallest absolute Gasteiger partial charge is 0.140 e. The molecule has 0 spiro atoms. The third kappa shape index (κ3) is 4.48. The van der Waals surface area contributed by atoms with Crippen molar-refractivity contribution < 1.29 is 0 Å². The zero-order chi connectivity index (χ0) is 12.0. The van der Waals surface area contributed by atoms with Crippen LogP contribution >= 0.6 is 22.2 Å². The van der Waals surface area contributed by atoms with E-state index >= 15 is 0 Å². The van der Waals surface area contributed by atoms with Crippen molar-refractivity contribution in [2.75, 3.05) is 0 Å². The van der Waals surface area contributed by atoms with Gasteiger partial charge in [-0.15, -0.1) is 22.2 Å². The topological polar surface area (TPSA) is 0 Å². The molecule has 0 aliphatic rings. The van der Waals surface area contributed by atoms with Gasteiger partial charge in [-0.05, 0) is 30.1 Å². The number of rotatable bonds is 6. The maximum Gasteiger partial charge on any atom is 0.278 e. The molecule has 1 aromatic rings. The van der Waals surface area contributed by atoms with Crippen LogP contribution in [0.5, 0.6) is 0 Å². The lowest BCUT2D eigenvalue weighted by atomic mass is 10.1. The SMILES string of the molecule is CCCCCCc1ccccc1[Si](C)(Cl)Cl. The van der Waals surface area contributed by atoms with Gasteiger partial charge in [0.05, 0.1) is 0 Å². The Balaban J connectivity index is 2.65. The molecule has 16 heavy (non-hydrogen) atoms. The predicted octanol–water partition coefficient (Wildman–Crippen LogP) is 4.57. The Kier molecular flexibility index (Phi) is 5.88. The minimum atomic E-state index is -2.20. The summed E-state index contributed by atoms with van der Waals surface area (Å²) >= 11 is 12.6. The van der Waals surface area contributed by atoms with Crippen molar-refractivity contribution in [2.45, 2.75) is 45.6 Å². The second kappa shape index (κ2) is 6.68. The summed E-state index contributed by atoms with van der Waals surface area (Å²) in [7, 11) is 0. The minimum absolute atomic E-state index is 1.11. The van der Waals surface area contributed by atoms with E-state index in [4.69, 9.17) is 22.2 Å². The van der Waals surface area contributed by atoms with Gasteiger partial charge in [0.1, 0.15) is 0 Å². The highest BCUT2D eigenvalue weighted by molar-refractivity contribution is 7.50. The maximum absolute atomic E-state index is 6.31. The Morgan fingerprint density at radius 3 is 2.38 bits per heavy atom. The van der Waals surface area contributed by atoms with Crippen LogP contribution in [0.2, 0.25) is 6.55 Å². The lowest BCUT2D eigenvalue weighted by Gasteiger charge is -2.16. The van der Waals surface area contributed by atoms with Crippen molar-refractivity contribution in [3.63, 3.8) is 0 Å². The normalized spacial score (nSPS) is 11.8. The lowest BCUT2D eigenvalue weighted by Crippen LogP contribution is -2.35. The Labute approximate surface area is 109 Å². The number of halogens is 2. The van der Waals surface area contributed by atoms with Crippen molar-refractivity contribution in [2.24, 2.45) is 0 Å². The van der Waals surface area contributed by atoms with Gasteiger partial charge in [-0.25, -0.2) is 0 Å². The molecule has 1 aromatic carbocycles. The van der Waals surface area contributed by atoms with E-state index in [2.05, 4.69) is 25.1 Å². The molecule has 0 radical (unpaired) electrons. The monoisotopic (exact) mass is 274 g/mol. The number of benzene rings is 1. The molecule has 0 saturated heterocycles. The average Bonchev–Trinajstić information content (AvgIpc) is 2.24. The molecule has 90 valence electrons. The minimum Gasteiger partial charge on any atom is -0.140 e. The van der Waals surface area contributed by atoms with Crippen LogP contribution in [0.1, 0.15) is 38.2 Å². The summed E-state index contributed by atoms with van der Waals surface area (Å²) in [6.07, 6.45) is 6.24. The van der Waals surface area contributed by atoms with Crippen molar-refractivity contribution in [1.29, 1.82) is 0 Å². The summed E-state index contributed by atoms with van der Waals surface area (Å²) in [6, 6.07) is 8.35. The van der Waals surface area contributed by atoms with Gasteiger partial charge in [-0.1, -0.05) is 50.5 Å². The molecule has 0 nitrogen and oxygen atoms in total. The number of aryl methyl sites for hydroxylation is 1. The van der Waals surface area contributed by atoms with Crippen LogP contribution in [0.25, 0.3) is 0 Å². The van der Waals surface area contributed by atoms with Gasteiger partial charge in [0.25, 0.3) is 6.69 Å². The van der Waals surface area contributed by atoms with E-state index in [1.54, 1.807) is 0 Å². The first kappa shape index (κ1) is 14.1. The Bertz CT molecular complexity index is 318. The van der Waals surface area contributed by atoms with Crippen LogP contribution in [-0.4, -0.2) is 6.69 Å². The molecule has 0 aliphatic heterocycles. The second-order valence-electron chi connectivity index (χ2n) is 4.36. The van der Waals surface area contributed by atoms with Crippen molar-refractivity contribution in [1.82, 2.24) is 0 Å². The molecule has 0 amide bonds. The summed E-state index contributed by atoms with van der Waals surface area (Å²) in [5.41, 5.74) is 1.35. The molecule has 0 N–H and O–H groups in total. The average molecular weight is 275 g/mol. The van der Waals surface area contributed by atoms with Crippen LogP contribution in [0.15, 0.2) is 24.3 Å². The molecular weight excluding hydrogens is 255 g/mol. The summed E-state index contributed by atoms with van der Waals surface area (Å²) in [5.74, 6) is 0. The summed E-state index contributed by atoms with van der Waals surface area (Å²) in [5, 5.41) is 1.19. The van der Waals surface area contributed by atoms with Gasteiger partial charge >= 0.3 is 0 Å². The van der Waals surface area contributed by atoms with Gasteiger partial charge in [-0.3, -0.25) is 0 Å². The lowest BCUT2D eigenvalue weighted by molar-refractivity contribution is 0.668. The third-order valence-electron chi connectivity index (χ3n) is 2.79. The highest BCUT2D eigenvalue weighted by atomic mass is 35.7. The summed E-state index contributed by atoms with van der Waals surface area (Å²) < 4.78 is 0. The summed E-state index contributed by atoms with van der Waals surface area (Å²) in [4.78, 5) is 0. The Hall–Kier alpha value is 0.0169. The molecule has 0 aromatic heterocycles. The van der Waals surface area contributed by atoms with Gasteiger partial charge in [-0.2, -0.15) is 0 Å². The first-order chi connectivity index (χ1) is 7.55. The molecule has 3 heteroatoms. The molecule has 0 aliphatic carbocycles. The molecule has 1 rings (SSSR count). The number of unbranched alkanes of at least 4 members (excludes halogenated alkanes) is 3. The van der Waals surface area contributed by atoms with E-state index < -0.39 is 6.69 Å². The fraction of sp³-hybridized carbons (Fsp3) is 0.538. The fourth-order valence-electron chi connectivity index (χ4n) is 1.91. The first-order valence-electron chi connectivity index (χ1n) is 6.02. The van der Waals surface area contributed by atoms with Gasteiger partial charge < -0.3 is 0 Å². The Morgan fingerprint density at radius 2 is 1.75 bits per heavy atom. The van der Waals surface area contributed by atoms with Gasteiger partial charge in [0.2, 0.25) is 0 Å². The highest BCUT2D eigenvalue weighted by Crippen LogP contribution is 2.17. The van der Waals surface area contributed by atoms with Crippen LogP contribution < -0.4 is 5.19 Å².